The van der Waals surface area contributed by atoms with Gasteiger partial charge in [-0.05, 0) is 23.3 Å². The quantitative estimate of drug-likeness (QED) is 0.852. The molecule has 0 radical (unpaired) electrons. The minimum absolute atomic E-state index is 0.0991. The van der Waals surface area contributed by atoms with E-state index in [-0.39, 0.29) is 12.0 Å². The van der Waals surface area contributed by atoms with Crippen molar-refractivity contribution in [2.75, 3.05) is 18.5 Å². The zero-order chi connectivity index (χ0) is 13.7. The molecule has 0 bridgehead atoms. The van der Waals surface area contributed by atoms with E-state index in [0.717, 1.165) is 12.2 Å². The summed E-state index contributed by atoms with van der Waals surface area (Å²) in [6.45, 7) is 5.02. The molecule has 2 aromatic rings. The van der Waals surface area contributed by atoms with E-state index in [1.165, 1.54) is 11.1 Å². The predicted molar refractivity (Wildman–Crippen MR) is 81.2 cm³/mol. The Kier molecular flexibility index (Phi) is 4.23. The number of aliphatic hydroxyl groups is 1. The van der Waals surface area contributed by atoms with Crippen molar-refractivity contribution in [3.63, 3.8) is 0 Å². The third-order valence-corrected chi connectivity index (χ3v) is 3.19. The average Bonchev–Trinajstić information content (AvgIpc) is 2.47. The van der Waals surface area contributed by atoms with Crippen molar-refractivity contribution in [3.05, 3.63) is 54.6 Å². The van der Waals surface area contributed by atoms with Crippen LogP contribution < -0.4 is 5.32 Å². The first kappa shape index (κ1) is 13.6. The molecule has 0 fully saturated rings. The third-order valence-electron chi connectivity index (χ3n) is 3.19. The lowest BCUT2D eigenvalue weighted by molar-refractivity contribution is 0.171. The van der Waals surface area contributed by atoms with Crippen LogP contribution in [0.4, 0.5) is 5.69 Å². The molecule has 2 aromatic carbocycles. The fourth-order valence-corrected chi connectivity index (χ4v) is 1.81. The minimum Gasteiger partial charge on any atom is -0.396 e. The molecule has 0 unspecified atom stereocenters. The van der Waals surface area contributed by atoms with E-state index in [1.54, 1.807) is 0 Å². The molecule has 0 atom stereocenters. The van der Waals surface area contributed by atoms with E-state index >= 15 is 0 Å². The molecular weight excluding hydrogens is 234 g/mol. The number of benzene rings is 2. The van der Waals surface area contributed by atoms with Gasteiger partial charge < -0.3 is 10.4 Å². The van der Waals surface area contributed by atoms with Gasteiger partial charge in [0.1, 0.15) is 0 Å². The summed E-state index contributed by atoms with van der Waals surface area (Å²) >= 11 is 0. The summed E-state index contributed by atoms with van der Waals surface area (Å²) in [4.78, 5) is 0. The highest BCUT2D eigenvalue weighted by atomic mass is 16.3. The molecule has 0 amide bonds. The van der Waals surface area contributed by atoms with Gasteiger partial charge in [-0.25, -0.2) is 0 Å². The van der Waals surface area contributed by atoms with Gasteiger partial charge in [-0.1, -0.05) is 56.3 Å². The fraction of sp³-hybridized carbons (Fsp3) is 0.294. The summed E-state index contributed by atoms with van der Waals surface area (Å²) in [5, 5.41) is 12.6. The maximum atomic E-state index is 9.22. The summed E-state index contributed by atoms with van der Waals surface area (Å²) in [6, 6.07) is 18.7. The molecule has 0 heterocycles. The molecule has 0 aliphatic carbocycles. The SMILES string of the molecule is CC(C)(CO)CNc1ccc(-c2ccccc2)cc1. The van der Waals surface area contributed by atoms with Crippen LogP contribution in [0.2, 0.25) is 0 Å². The van der Waals surface area contributed by atoms with Crippen LogP contribution in [0.15, 0.2) is 54.6 Å². The number of anilines is 1. The van der Waals surface area contributed by atoms with Gasteiger partial charge >= 0.3 is 0 Å². The topological polar surface area (TPSA) is 32.3 Å². The van der Waals surface area contributed by atoms with Gasteiger partial charge in [-0.2, -0.15) is 0 Å². The summed E-state index contributed by atoms with van der Waals surface area (Å²) < 4.78 is 0. The first-order valence-corrected chi connectivity index (χ1v) is 6.61. The van der Waals surface area contributed by atoms with Crippen LogP contribution in [0.25, 0.3) is 11.1 Å². The van der Waals surface area contributed by atoms with Crippen LogP contribution in [0.3, 0.4) is 0 Å². The molecule has 2 rings (SSSR count). The van der Waals surface area contributed by atoms with E-state index in [1.807, 2.05) is 32.0 Å². The Morgan fingerprint density at radius 2 is 1.47 bits per heavy atom. The number of nitrogens with one attached hydrogen (secondary N) is 1. The molecule has 2 heteroatoms. The Labute approximate surface area is 115 Å². The van der Waals surface area contributed by atoms with Crippen molar-refractivity contribution in [2.45, 2.75) is 13.8 Å². The molecule has 2 nitrogen and oxygen atoms in total. The van der Waals surface area contributed by atoms with Crippen molar-refractivity contribution >= 4 is 5.69 Å². The maximum Gasteiger partial charge on any atom is 0.0498 e. The lowest BCUT2D eigenvalue weighted by Crippen LogP contribution is -2.26. The van der Waals surface area contributed by atoms with Gasteiger partial charge in [0.05, 0.1) is 0 Å². The standard InChI is InChI=1S/C17H21NO/c1-17(2,13-19)12-18-16-10-8-15(9-11-16)14-6-4-3-5-7-14/h3-11,18-19H,12-13H2,1-2H3. The molecular formula is C17H21NO. The normalized spacial score (nSPS) is 11.3. The Bertz CT molecular complexity index is 503. The van der Waals surface area contributed by atoms with Crippen LogP contribution in [0.5, 0.6) is 0 Å². The molecule has 0 spiro atoms. The third kappa shape index (κ3) is 3.83. The number of aliphatic hydroxyl groups excluding tert-OH is 1. The van der Waals surface area contributed by atoms with E-state index in [0.29, 0.717) is 0 Å². The van der Waals surface area contributed by atoms with Crippen molar-refractivity contribution in [3.8, 4) is 11.1 Å². The van der Waals surface area contributed by atoms with Crippen molar-refractivity contribution in [1.29, 1.82) is 0 Å². The minimum atomic E-state index is -0.0991. The smallest absolute Gasteiger partial charge is 0.0498 e. The van der Waals surface area contributed by atoms with E-state index in [2.05, 4.69) is 41.7 Å². The van der Waals surface area contributed by atoms with Crippen molar-refractivity contribution < 1.29 is 5.11 Å². The van der Waals surface area contributed by atoms with Crippen LogP contribution in [0, 0.1) is 5.41 Å². The predicted octanol–water partition coefficient (Wildman–Crippen LogP) is 3.78. The lowest BCUT2D eigenvalue weighted by atomic mass is 9.95. The van der Waals surface area contributed by atoms with Gasteiger partial charge in [0, 0.05) is 24.3 Å². The van der Waals surface area contributed by atoms with Crippen LogP contribution in [-0.2, 0) is 0 Å². The van der Waals surface area contributed by atoms with Crippen molar-refractivity contribution in [1.82, 2.24) is 0 Å². The molecule has 0 saturated carbocycles. The Balaban J connectivity index is 2.03. The largest absolute Gasteiger partial charge is 0.396 e. The molecule has 0 aliphatic rings. The molecule has 0 saturated heterocycles. The lowest BCUT2D eigenvalue weighted by Gasteiger charge is -2.22. The molecule has 19 heavy (non-hydrogen) atoms. The Morgan fingerprint density at radius 3 is 2.05 bits per heavy atom. The van der Waals surface area contributed by atoms with Crippen LogP contribution in [0.1, 0.15) is 13.8 Å². The Morgan fingerprint density at radius 1 is 0.895 bits per heavy atom. The monoisotopic (exact) mass is 255 g/mol. The second-order valence-corrected chi connectivity index (χ2v) is 5.62. The highest BCUT2D eigenvalue weighted by Crippen LogP contribution is 2.22. The number of rotatable bonds is 5. The second kappa shape index (κ2) is 5.89. The van der Waals surface area contributed by atoms with Crippen LogP contribution >= 0.6 is 0 Å². The number of hydrogen-bond donors (Lipinski definition) is 2. The molecule has 0 aromatic heterocycles. The summed E-state index contributed by atoms with van der Waals surface area (Å²) in [5.41, 5.74) is 3.43. The van der Waals surface area contributed by atoms with Gasteiger partial charge in [0.25, 0.3) is 0 Å². The highest BCUT2D eigenvalue weighted by molar-refractivity contribution is 5.65. The second-order valence-electron chi connectivity index (χ2n) is 5.62. The van der Waals surface area contributed by atoms with Gasteiger partial charge in [-0.15, -0.1) is 0 Å². The maximum absolute atomic E-state index is 9.22. The molecule has 2 N–H and O–H groups in total. The first-order valence-electron chi connectivity index (χ1n) is 6.61. The van der Waals surface area contributed by atoms with E-state index in [4.69, 9.17) is 0 Å². The summed E-state index contributed by atoms with van der Waals surface area (Å²) in [7, 11) is 0. The number of hydrogen-bond acceptors (Lipinski definition) is 2. The zero-order valence-corrected chi connectivity index (χ0v) is 11.6. The van der Waals surface area contributed by atoms with E-state index < -0.39 is 0 Å². The van der Waals surface area contributed by atoms with E-state index in [9.17, 15) is 5.11 Å². The zero-order valence-electron chi connectivity index (χ0n) is 11.6. The van der Waals surface area contributed by atoms with Gasteiger partial charge in [-0.3, -0.25) is 0 Å². The van der Waals surface area contributed by atoms with Crippen molar-refractivity contribution in [2.24, 2.45) is 5.41 Å². The highest BCUT2D eigenvalue weighted by Gasteiger charge is 2.15. The van der Waals surface area contributed by atoms with Crippen LogP contribution in [-0.4, -0.2) is 18.3 Å². The molecule has 100 valence electrons. The summed E-state index contributed by atoms with van der Waals surface area (Å²) in [6.07, 6.45) is 0. The van der Waals surface area contributed by atoms with Gasteiger partial charge in [0.15, 0.2) is 0 Å². The molecule has 0 aliphatic heterocycles. The summed E-state index contributed by atoms with van der Waals surface area (Å²) in [5.74, 6) is 0. The fourth-order valence-electron chi connectivity index (χ4n) is 1.81. The average molecular weight is 255 g/mol. The first-order chi connectivity index (χ1) is 9.11. The van der Waals surface area contributed by atoms with Gasteiger partial charge in [0.2, 0.25) is 0 Å². The Hall–Kier alpha value is -1.80.